The van der Waals surface area contributed by atoms with Gasteiger partial charge in [0.1, 0.15) is 17.1 Å². The van der Waals surface area contributed by atoms with E-state index in [4.69, 9.17) is 24.9 Å². The molecule has 7 aromatic heterocycles. The monoisotopic (exact) mass is 1200 g/mol. The van der Waals surface area contributed by atoms with Gasteiger partial charge in [-0.3, -0.25) is 14.1 Å². The number of rotatable bonds is 8. The first kappa shape index (κ1) is 53.9. The first-order valence-corrected chi connectivity index (χ1v) is 32.7. The second-order valence-electron chi connectivity index (χ2n) is 25.2. The molecule has 442 valence electrons. The molecule has 94 heavy (non-hydrogen) atoms. The topological polar surface area (TPSA) is 74.3 Å². The average molecular weight is 1200 g/mol. The van der Waals surface area contributed by atoms with Gasteiger partial charge < -0.3 is 0 Å². The lowest BCUT2D eigenvalue weighted by Crippen LogP contribution is -2.07. The van der Waals surface area contributed by atoms with E-state index in [-0.39, 0.29) is 0 Å². The lowest BCUT2D eigenvalue weighted by molar-refractivity contribution is 0.866. The SMILES string of the molecule is C1=CC2=C(C3=CC=C(c4ccc5c(c4)c4cccnc4n5-c4ccc(-c5ccc6c(C7=Cc8c(n(-c9ccccn9)c9ncccc89)CC7)c7ccccc7c(-c7ccc8ccc9cccnc9c8n7)c6c5)cc4)CCC3)c3ccccc3C(c3ccccc3)=C(C=C1)C2. The highest BCUT2D eigenvalue weighted by Crippen LogP contribution is 2.49. The molecule has 0 fully saturated rings. The number of aromatic nitrogens is 7. The van der Waals surface area contributed by atoms with Crippen LogP contribution in [0.2, 0.25) is 0 Å². The lowest BCUT2D eigenvalue weighted by Gasteiger charge is -2.22. The minimum Gasteiger partial charge on any atom is -0.294 e. The zero-order valence-corrected chi connectivity index (χ0v) is 51.5. The number of hydrogen-bond donors (Lipinski definition) is 0. The van der Waals surface area contributed by atoms with Crippen LogP contribution < -0.4 is 0 Å². The Morgan fingerprint density at radius 2 is 1.01 bits per heavy atom. The van der Waals surface area contributed by atoms with E-state index in [9.17, 15) is 0 Å². The Morgan fingerprint density at radius 3 is 1.84 bits per heavy atom. The molecule has 0 N–H and O–H groups in total. The first-order chi connectivity index (χ1) is 46.6. The number of fused-ring (bicyclic) bond motifs is 14. The number of allylic oxidation sites excluding steroid dienone is 12. The molecule has 4 aliphatic rings. The van der Waals surface area contributed by atoms with Gasteiger partial charge >= 0.3 is 0 Å². The second kappa shape index (κ2) is 21.9. The van der Waals surface area contributed by atoms with Gasteiger partial charge in [0.15, 0.2) is 0 Å². The van der Waals surface area contributed by atoms with Gasteiger partial charge in [-0.2, -0.15) is 0 Å². The average Bonchev–Trinajstić information content (AvgIpc) is 1.02. The predicted octanol–water partition coefficient (Wildman–Crippen LogP) is 21.4. The summed E-state index contributed by atoms with van der Waals surface area (Å²) in [5.74, 6) is 0.882. The van der Waals surface area contributed by atoms with Gasteiger partial charge in [-0.05, 0) is 223 Å². The summed E-state index contributed by atoms with van der Waals surface area (Å²) in [6.07, 6.45) is 29.5. The Kier molecular flexibility index (Phi) is 12.5. The largest absolute Gasteiger partial charge is 0.294 e. The zero-order chi connectivity index (χ0) is 61.8. The molecule has 15 aromatic rings. The Hall–Kier alpha value is -11.9. The fourth-order valence-corrected chi connectivity index (χ4v) is 15.9. The number of hydrogen-bond acceptors (Lipinski definition) is 5. The molecule has 4 aliphatic carbocycles. The maximum Gasteiger partial charge on any atom is 0.146 e. The quantitative estimate of drug-likeness (QED) is 0.112. The van der Waals surface area contributed by atoms with E-state index in [1.165, 1.54) is 94.2 Å². The maximum absolute atomic E-state index is 5.58. The molecule has 2 bridgehead atoms. The number of nitrogens with zero attached hydrogens (tertiary/aromatic N) is 7. The molecule has 0 saturated carbocycles. The van der Waals surface area contributed by atoms with Crippen LogP contribution in [0.3, 0.4) is 0 Å². The molecule has 0 radical (unpaired) electrons. The fourth-order valence-electron chi connectivity index (χ4n) is 15.9. The van der Waals surface area contributed by atoms with E-state index in [1.807, 2.05) is 43.0 Å². The highest BCUT2D eigenvalue weighted by molar-refractivity contribution is 6.21. The summed E-state index contributed by atoms with van der Waals surface area (Å²) < 4.78 is 4.59. The minimum absolute atomic E-state index is 0.837. The molecular weight excluding hydrogens is 1140 g/mol. The Morgan fingerprint density at radius 1 is 0.372 bits per heavy atom. The standard InChI is InChI=1S/C87H59N7/c1-2-16-56(17-3-1)80-62-18-4-5-19-63(50-62)81(67-24-7-6-23-66(67)80)57-21-12-20-54(30-31-57)61-38-44-77-73(51-61)71-27-14-48-90-86(71)93(77)65-40-34-55(35-41-65)60-36-42-70-75(52-60)83(76-43-37-59-33-32-58-22-13-47-89-84(58)85(59)92-76)69-26-9-8-25-68(69)82(70)64-39-45-78-74(53-64)72-28-15-49-91-87(72)94(78)79-29-10-11-46-88-79/h1-11,13-19,22-38,40-44,46-49,51-53H,12,20-21,39,45,50H2. The van der Waals surface area contributed by atoms with Gasteiger partial charge in [-0.25, -0.2) is 19.9 Å². The smallest absolute Gasteiger partial charge is 0.146 e. The third kappa shape index (κ3) is 8.69. The van der Waals surface area contributed by atoms with E-state index in [0.29, 0.717) is 0 Å². The van der Waals surface area contributed by atoms with Crippen molar-refractivity contribution in [1.82, 2.24) is 34.1 Å². The van der Waals surface area contributed by atoms with Crippen molar-refractivity contribution in [2.24, 2.45) is 0 Å². The summed E-state index contributed by atoms with van der Waals surface area (Å²) in [5, 5.41) is 10.3. The fraction of sp³-hybridized carbons (Fsp3) is 0.0690. The Bertz CT molecular complexity index is 5950. The second-order valence-corrected chi connectivity index (χ2v) is 25.2. The lowest BCUT2D eigenvalue weighted by atomic mass is 9.82. The summed E-state index contributed by atoms with van der Waals surface area (Å²) >= 11 is 0. The normalized spacial score (nSPS) is 14.8. The van der Waals surface area contributed by atoms with Crippen LogP contribution in [0.1, 0.15) is 71.2 Å². The van der Waals surface area contributed by atoms with Crippen molar-refractivity contribution in [3.8, 4) is 33.9 Å². The molecule has 8 aromatic carbocycles. The highest BCUT2D eigenvalue weighted by atomic mass is 15.1. The molecule has 0 atom stereocenters. The van der Waals surface area contributed by atoms with Crippen LogP contribution in [0.4, 0.5) is 0 Å². The molecule has 0 spiro atoms. The predicted molar refractivity (Wildman–Crippen MR) is 389 cm³/mol. The molecule has 7 nitrogen and oxygen atoms in total. The van der Waals surface area contributed by atoms with Gasteiger partial charge in [0.25, 0.3) is 0 Å². The molecule has 0 unspecified atom stereocenters. The van der Waals surface area contributed by atoms with Crippen molar-refractivity contribution < 1.29 is 0 Å². The van der Waals surface area contributed by atoms with Gasteiger partial charge in [0, 0.05) is 74.2 Å². The maximum atomic E-state index is 5.58. The van der Waals surface area contributed by atoms with Crippen LogP contribution in [0.25, 0.3) is 139 Å². The minimum atomic E-state index is 0.837. The summed E-state index contributed by atoms with van der Waals surface area (Å²) in [7, 11) is 0. The Labute approximate surface area is 543 Å². The number of pyridine rings is 5. The first-order valence-electron chi connectivity index (χ1n) is 32.7. The van der Waals surface area contributed by atoms with Crippen LogP contribution >= 0.6 is 0 Å². The van der Waals surface area contributed by atoms with E-state index < -0.39 is 0 Å². The van der Waals surface area contributed by atoms with Crippen LogP contribution in [-0.2, 0) is 6.42 Å². The Balaban J connectivity index is 0.718. The van der Waals surface area contributed by atoms with E-state index >= 15 is 0 Å². The van der Waals surface area contributed by atoms with Crippen LogP contribution in [0.15, 0.2) is 296 Å². The van der Waals surface area contributed by atoms with Crippen molar-refractivity contribution in [3.05, 3.63) is 335 Å². The zero-order valence-electron chi connectivity index (χ0n) is 51.5. The molecular formula is C87H59N7. The van der Waals surface area contributed by atoms with E-state index in [0.717, 1.165) is 133 Å². The molecule has 0 aliphatic heterocycles. The van der Waals surface area contributed by atoms with Crippen LogP contribution in [-0.4, -0.2) is 34.1 Å². The van der Waals surface area contributed by atoms with E-state index in [2.05, 4.69) is 252 Å². The third-order valence-electron chi connectivity index (χ3n) is 20.0. The van der Waals surface area contributed by atoms with Crippen molar-refractivity contribution in [2.75, 3.05) is 0 Å². The van der Waals surface area contributed by atoms with Gasteiger partial charge in [-0.1, -0.05) is 176 Å². The van der Waals surface area contributed by atoms with Crippen molar-refractivity contribution in [3.63, 3.8) is 0 Å². The van der Waals surface area contributed by atoms with Gasteiger partial charge in [0.05, 0.1) is 22.2 Å². The van der Waals surface area contributed by atoms with Crippen LogP contribution in [0, 0.1) is 0 Å². The summed E-state index contributed by atoms with van der Waals surface area (Å²) in [6, 6.07) is 79.6. The van der Waals surface area contributed by atoms with Crippen LogP contribution in [0.5, 0.6) is 0 Å². The third-order valence-corrected chi connectivity index (χ3v) is 20.0. The van der Waals surface area contributed by atoms with Gasteiger partial charge in [0.2, 0.25) is 0 Å². The van der Waals surface area contributed by atoms with Crippen molar-refractivity contribution in [2.45, 2.75) is 38.5 Å². The summed E-state index contributed by atoms with van der Waals surface area (Å²) in [4.78, 5) is 25.3. The molecule has 19 rings (SSSR count). The highest BCUT2D eigenvalue weighted by Gasteiger charge is 2.29. The van der Waals surface area contributed by atoms with Gasteiger partial charge in [-0.15, -0.1) is 0 Å². The molecule has 7 heterocycles. The summed E-state index contributed by atoms with van der Waals surface area (Å²) in [6.45, 7) is 0. The molecule has 0 saturated heterocycles. The summed E-state index contributed by atoms with van der Waals surface area (Å²) in [5.41, 5.74) is 28.4. The number of benzene rings is 8. The van der Waals surface area contributed by atoms with Crippen molar-refractivity contribution in [1.29, 1.82) is 0 Å². The van der Waals surface area contributed by atoms with Crippen molar-refractivity contribution >= 4 is 105 Å². The molecule has 7 heteroatoms. The van der Waals surface area contributed by atoms with E-state index in [1.54, 1.807) is 0 Å². The molecule has 0 amide bonds.